The third kappa shape index (κ3) is 4.88. The van der Waals surface area contributed by atoms with Gasteiger partial charge in [0.1, 0.15) is 12.3 Å². The fraction of sp³-hybridized carbons (Fsp3) is 0.0435. The minimum absolute atomic E-state index is 0.0176. The normalized spacial score (nSPS) is 11.3. The Kier molecular flexibility index (Phi) is 6.09. The molecule has 0 saturated carbocycles. The van der Waals surface area contributed by atoms with Crippen LogP contribution < -0.4 is 5.14 Å². The molecule has 0 spiro atoms. The monoisotopic (exact) mass is 467 g/mol. The molecule has 7 nitrogen and oxygen atoms in total. The summed E-state index contributed by atoms with van der Waals surface area (Å²) < 4.78 is 29.6. The summed E-state index contributed by atoms with van der Waals surface area (Å²) in [5, 5.41) is 10.2. The van der Waals surface area contributed by atoms with Crippen molar-refractivity contribution in [2.45, 2.75) is 11.5 Å². The van der Waals surface area contributed by atoms with Crippen molar-refractivity contribution >= 4 is 27.7 Å². The van der Waals surface area contributed by atoms with Crippen LogP contribution in [0, 0.1) is 0 Å². The maximum Gasteiger partial charge on any atom is 0.435 e. The molecular formula is C23H18ClN3O4S. The van der Waals surface area contributed by atoms with Crippen LogP contribution >= 0.6 is 11.6 Å². The zero-order chi connectivity index (χ0) is 22.7. The molecule has 4 aromatic rings. The first-order valence-electron chi connectivity index (χ1n) is 9.51. The third-order valence-corrected chi connectivity index (χ3v) is 5.90. The van der Waals surface area contributed by atoms with Crippen LogP contribution in [0.3, 0.4) is 0 Å². The molecule has 0 bridgehead atoms. The summed E-state index contributed by atoms with van der Waals surface area (Å²) >= 11 is 6.01. The molecule has 9 heteroatoms. The quantitative estimate of drug-likeness (QED) is 0.458. The van der Waals surface area contributed by atoms with Gasteiger partial charge in [-0.25, -0.2) is 18.4 Å². The van der Waals surface area contributed by atoms with E-state index in [0.717, 1.165) is 15.8 Å². The number of primary sulfonamides is 1. The van der Waals surface area contributed by atoms with E-state index >= 15 is 0 Å². The third-order valence-electron chi connectivity index (χ3n) is 4.72. The van der Waals surface area contributed by atoms with Crippen LogP contribution in [0.2, 0.25) is 5.02 Å². The highest BCUT2D eigenvalue weighted by atomic mass is 35.5. The number of sulfonamides is 1. The molecule has 0 unspecified atom stereocenters. The lowest BCUT2D eigenvalue weighted by Crippen LogP contribution is -2.14. The SMILES string of the molecule is NS(=O)(=O)c1ccc(-c2nn(C(=O)OCc3ccccc3)cc2-c2ccc(Cl)cc2)cc1. The summed E-state index contributed by atoms with van der Waals surface area (Å²) in [6.07, 6.45) is 0.927. The summed E-state index contributed by atoms with van der Waals surface area (Å²) in [6, 6.07) is 22.3. The molecule has 3 aromatic carbocycles. The van der Waals surface area contributed by atoms with E-state index in [1.54, 1.807) is 42.6 Å². The van der Waals surface area contributed by atoms with Crippen molar-refractivity contribution in [2.24, 2.45) is 5.14 Å². The molecular weight excluding hydrogens is 450 g/mol. The minimum Gasteiger partial charge on any atom is -0.443 e. The fourth-order valence-electron chi connectivity index (χ4n) is 3.11. The van der Waals surface area contributed by atoms with Gasteiger partial charge in [-0.1, -0.05) is 66.2 Å². The molecule has 32 heavy (non-hydrogen) atoms. The van der Waals surface area contributed by atoms with E-state index in [1.807, 2.05) is 30.3 Å². The number of nitrogens with zero attached hydrogens (tertiary/aromatic N) is 2. The van der Waals surface area contributed by atoms with Gasteiger partial charge >= 0.3 is 6.09 Å². The molecule has 0 aliphatic rings. The van der Waals surface area contributed by atoms with Crippen molar-refractivity contribution in [3.8, 4) is 22.4 Å². The van der Waals surface area contributed by atoms with Gasteiger partial charge in [-0.15, -0.1) is 0 Å². The van der Waals surface area contributed by atoms with Gasteiger partial charge in [0.2, 0.25) is 10.0 Å². The van der Waals surface area contributed by atoms with Crippen LogP contribution in [-0.4, -0.2) is 24.3 Å². The Labute approximate surface area is 190 Å². The predicted octanol–water partition coefficient (Wildman–Crippen LogP) is 4.70. The van der Waals surface area contributed by atoms with E-state index in [2.05, 4.69) is 5.10 Å². The van der Waals surface area contributed by atoms with Gasteiger partial charge in [0, 0.05) is 22.3 Å². The first-order valence-corrected chi connectivity index (χ1v) is 11.4. The lowest BCUT2D eigenvalue weighted by atomic mass is 10.0. The van der Waals surface area contributed by atoms with E-state index in [9.17, 15) is 13.2 Å². The topological polar surface area (TPSA) is 104 Å². The highest BCUT2D eigenvalue weighted by molar-refractivity contribution is 7.89. The summed E-state index contributed by atoms with van der Waals surface area (Å²) in [4.78, 5) is 12.6. The lowest BCUT2D eigenvalue weighted by Gasteiger charge is -2.04. The second kappa shape index (κ2) is 8.96. The van der Waals surface area contributed by atoms with Crippen molar-refractivity contribution in [3.63, 3.8) is 0 Å². The van der Waals surface area contributed by atoms with E-state index < -0.39 is 16.1 Å². The number of hydrogen-bond donors (Lipinski definition) is 1. The van der Waals surface area contributed by atoms with Gasteiger partial charge in [-0.05, 0) is 35.4 Å². The van der Waals surface area contributed by atoms with Crippen LogP contribution in [0.5, 0.6) is 0 Å². The maximum absolute atomic E-state index is 12.6. The summed E-state index contributed by atoms with van der Waals surface area (Å²) in [5.74, 6) is 0. The summed E-state index contributed by atoms with van der Waals surface area (Å²) in [5.41, 5.74) is 3.37. The smallest absolute Gasteiger partial charge is 0.435 e. The number of ether oxygens (including phenoxy) is 1. The number of hydrogen-bond acceptors (Lipinski definition) is 5. The summed E-state index contributed by atoms with van der Waals surface area (Å²) in [7, 11) is -3.83. The highest BCUT2D eigenvalue weighted by Crippen LogP contribution is 2.32. The van der Waals surface area contributed by atoms with Crippen LogP contribution in [-0.2, 0) is 21.4 Å². The average Bonchev–Trinajstić information content (AvgIpc) is 3.24. The number of rotatable bonds is 5. The molecule has 0 aliphatic heterocycles. The van der Waals surface area contributed by atoms with Crippen molar-refractivity contribution in [1.29, 1.82) is 0 Å². The number of aromatic nitrogens is 2. The lowest BCUT2D eigenvalue weighted by molar-refractivity contribution is 0.138. The Morgan fingerprint density at radius 2 is 1.56 bits per heavy atom. The maximum atomic E-state index is 12.6. The van der Waals surface area contributed by atoms with Crippen molar-refractivity contribution in [1.82, 2.24) is 9.78 Å². The molecule has 1 aromatic heterocycles. The van der Waals surface area contributed by atoms with Gasteiger partial charge in [0.05, 0.1) is 4.90 Å². The van der Waals surface area contributed by atoms with E-state index in [1.165, 1.54) is 12.1 Å². The Morgan fingerprint density at radius 1 is 0.938 bits per heavy atom. The molecule has 0 fully saturated rings. The molecule has 0 radical (unpaired) electrons. The first kappa shape index (κ1) is 21.8. The van der Waals surface area contributed by atoms with Gasteiger partial charge in [0.15, 0.2) is 0 Å². The molecule has 1 heterocycles. The molecule has 0 atom stereocenters. The zero-order valence-corrected chi connectivity index (χ0v) is 18.3. The van der Waals surface area contributed by atoms with Crippen LogP contribution in [0.15, 0.2) is 90.0 Å². The van der Waals surface area contributed by atoms with Crippen LogP contribution in [0.25, 0.3) is 22.4 Å². The first-order chi connectivity index (χ1) is 15.3. The van der Waals surface area contributed by atoms with Gasteiger partial charge in [-0.2, -0.15) is 9.78 Å². The molecule has 2 N–H and O–H groups in total. The number of halogens is 1. The van der Waals surface area contributed by atoms with Gasteiger partial charge < -0.3 is 4.74 Å². The van der Waals surface area contributed by atoms with Crippen molar-refractivity contribution in [2.75, 3.05) is 0 Å². The molecule has 0 saturated heterocycles. The fourth-order valence-corrected chi connectivity index (χ4v) is 3.75. The Balaban J connectivity index is 1.70. The second-order valence-electron chi connectivity index (χ2n) is 6.95. The summed E-state index contributed by atoms with van der Waals surface area (Å²) in [6.45, 7) is 0.105. The minimum atomic E-state index is -3.83. The predicted molar refractivity (Wildman–Crippen MR) is 122 cm³/mol. The molecule has 0 amide bonds. The van der Waals surface area contributed by atoms with Crippen molar-refractivity contribution < 1.29 is 17.9 Å². The number of nitrogens with two attached hydrogens (primary N) is 1. The zero-order valence-electron chi connectivity index (χ0n) is 16.7. The highest BCUT2D eigenvalue weighted by Gasteiger charge is 2.18. The standard InChI is InChI=1S/C23H18ClN3O4S/c24-19-10-6-17(7-11-19)21-14-27(23(28)31-15-16-4-2-1-3-5-16)26-22(21)18-8-12-20(13-9-18)32(25,29)30/h1-14H,15H2,(H2,25,29,30). The van der Waals surface area contributed by atoms with Crippen LogP contribution in [0.4, 0.5) is 4.79 Å². The molecule has 4 rings (SSSR count). The second-order valence-corrected chi connectivity index (χ2v) is 8.95. The van der Waals surface area contributed by atoms with Crippen LogP contribution in [0.1, 0.15) is 5.56 Å². The Morgan fingerprint density at radius 3 is 2.19 bits per heavy atom. The molecule has 162 valence electrons. The van der Waals surface area contributed by atoms with E-state index in [4.69, 9.17) is 21.5 Å². The average molecular weight is 468 g/mol. The Bertz CT molecular complexity index is 1350. The van der Waals surface area contributed by atoms with Gasteiger partial charge in [-0.3, -0.25) is 0 Å². The Hall–Kier alpha value is -3.46. The van der Waals surface area contributed by atoms with E-state index in [-0.39, 0.29) is 11.5 Å². The largest absolute Gasteiger partial charge is 0.443 e. The number of carbonyl (C=O) groups is 1. The van der Waals surface area contributed by atoms with Crippen molar-refractivity contribution in [3.05, 3.63) is 95.6 Å². The van der Waals surface area contributed by atoms with E-state index in [0.29, 0.717) is 21.8 Å². The number of benzene rings is 3. The molecule has 0 aliphatic carbocycles. The number of carbonyl (C=O) groups excluding carboxylic acids is 1. The van der Waals surface area contributed by atoms with Gasteiger partial charge in [0.25, 0.3) is 0 Å².